The molecule has 1 N–H and O–H groups in total. The first-order valence-corrected chi connectivity index (χ1v) is 12.7. The van der Waals surface area contributed by atoms with Crippen LogP contribution in [-0.2, 0) is 10.2 Å². The normalized spacial score (nSPS) is 11.7. The SMILES string of the molecule is CCC(CC)NC(=O)CSc1nnc(-c2ccc(C(C)(C)C)cc2)n1-c1ccc(Br)cc1. The van der Waals surface area contributed by atoms with Gasteiger partial charge < -0.3 is 5.32 Å². The number of carbonyl (C=O) groups excluding carboxylic acids is 1. The lowest BCUT2D eigenvalue weighted by Gasteiger charge is -2.19. The van der Waals surface area contributed by atoms with Crippen LogP contribution in [-0.4, -0.2) is 32.5 Å². The zero-order valence-corrected chi connectivity index (χ0v) is 21.8. The van der Waals surface area contributed by atoms with Crippen molar-refractivity contribution in [2.75, 3.05) is 5.75 Å². The number of thioether (sulfide) groups is 1. The van der Waals surface area contributed by atoms with Gasteiger partial charge >= 0.3 is 0 Å². The topological polar surface area (TPSA) is 59.8 Å². The fourth-order valence-corrected chi connectivity index (χ4v) is 4.41. The summed E-state index contributed by atoms with van der Waals surface area (Å²) < 4.78 is 3.03. The fourth-order valence-electron chi connectivity index (χ4n) is 3.38. The average Bonchev–Trinajstić information content (AvgIpc) is 3.20. The minimum Gasteiger partial charge on any atom is -0.353 e. The lowest BCUT2D eigenvalue weighted by molar-refractivity contribution is -0.119. The van der Waals surface area contributed by atoms with Gasteiger partial charge in [0, 0.05) is 21.8 Å². The molecule has 0 saturated carbocycles. The molecule has 0 unspecified atom stereocenters. The number of carbonyl (C=O) groups is 1. The largest absolute Gasteiger partial charge is 0.353 e. The van der Waals surface area contributed by atoms with Crippen molar-refractivity contribution in [3.05, 3.63) is 58.6 Å². The van der Waals surface area contributed by atoms with E-state index in [4.69, 9.17) is 0 Å². The van der Waals surface area contributed by atoms with Crippen LogP contribution in [0.25, 0.3) is 17.1 Å². The molecule has 0 radical (unpaired) electrons. The molecule has 1 aromatic heterocycles. The maximum Gasteiger partial charge on any atom is 0.230 e. The van der Waals surface area contributed by atoms with E-state index in [1.165, 1.54) is 17.3 Å². The maximum atomic E-state index is 12.4. The molecule has 7 heteroatoms. The highest BCUT2D eigenvalue weighted by Gasteiger charge is 2.19. The van der Waals surface area contributed by atoms with Crippen molar-refractivity contribution in [1.82, 2.24) is 20.1 Å². The summed E-state index contributed by atoms with van der Waals surface area (Å²) in [4.78, 5) is 12.4. The van der Waals surface area contributed by atoms with Crippen LogP contribution < -0.4 is 5.32 Å². The van der Waals surface area contributed by atoms with E-state index in [-0.39, 0.29) is 17.4 Å². The van der Waals surface area contributed by atoms with E-state index < -0.39 is 0 Å². The Balaban J connectivity index is 1.92. The van der Waals surface area contributed by atoms with E-state index >= 15 is 0 Å². The second kappa shape index (κ2) is 10.7. The van der Waals surface area contributed by atoms with Crippen molar-refractivity contribution in [3.8, 4) is 17.1 Å². The van der Waals surface area contributed by atoms with Crippen LogP contribution in [0.5, 0.6) is 0 Å². The molecule has 32 heavy (non-hydrogen) atoms. The van der Waals surface area contributed by atoms with Crippen LogP contribution in [0.15, 0.2) is 58.2 Å². The van der Waals surface area contributed by atoms with Gasteiger partial charge in [0.2, 0.25) is 5.91 Å². The number of aromatic nitrogens is 3. The monoisotopic (exact) mass is 514 g/mol. The molecule has 3 rings (SSSR count). The number of rotatable bonds is 8. The number of amides is 1. The number of benzene rings is 2. The van der Waals surface area contributed by atoms with Gasteiger partial charge in [0.25, 0.3) is 0 Å². The number of hydrogen-bond donors (Lipinski definition) is 1. The highest BCUT2D eigenvalue weighted by atomic mass is 79.9. The van der Waals surface area contributed by atoms with Crippen LogP contribution in [0, 0.1) is 0 Å². The van der Waals surface area contributed by atoms with Gasteiger partial charge in [0.15, 0.2) is 11.0 Å². The van der Waals surface area contributed by atoms with E-state index in [0.29, 0.717) is 10.9 Å². The van der Waals surface area contributed by atoms with Gasteiger partial charge in [0.05, 0.1) is 5.75 Å². The summed E-state index contributed by atoms with van der Waals surface area (Å²) in [7, 11) is 0. The molecule has 2 aromatic carbocycles. The first kappa shape index (κ1) is 24.5. The molecular weight excluding hydrogens is 484 g/mol. The minimum atomic E-state index is 0.0186. The summed E-state index contributed by atoms with van der Waals surface area (Å²) in [5.74, 6) is 1.08. The Bertz CT molecular complexity index is 1040. The fraction of sp³-hybridized carbons (Fsp3) is 0.400. The number of hydrogen-bond acceptors (Lipinski definition) is 4. The van der Waals surface area contributed by atoms with E-state index in [1.807, 2.05) is 28.8 Å². The van der Waals surface area contributed by atoms with Crippen molar-refractivity contribution < 1.29 is 4.79 Å². The third-order valence-corrected chi connectivity index (χ3v) is 6.87. The van der Waals surface area contributed by atoms with E-state index in [2.05, 4.69) is 90.3 Å². The lowest BCUT2D eigenvalue weighted by atomic mass is 9.87. The van der Waals surface area contributed by atoms with Crippen molar-refractivity contribution in [3.63, 3.8) is 0 Å². The Morgan fingerprint density at radius 2 is 1.66 bits per heavy atom. The van der Waals surface area contributed by atoms with Gasteiger partial charge in [0.1, 0.15) is 0 Å². The predicted octanol–water partition coefficient (Wildman–Crippen LogP) is 6.39. The summed E-state index contributed by atoms with van der Waals surface area (Å²) in [5.41, 5.74) is 3.29. The van der Waals surface area contributed by atoms with Gasteiger partial charge in [-0.15, -0.1) is 10.2 Å². The molecule has 0 aliphatic heterocycles. The van der Waals surface area contributed by atoms with E-state index in [0.717, 1.165) is 34.4 Å². The van der Waals surface area contributed by atoms with Crippen molar-refractivity contribution in [1.29, 1.82) is 0 Å². The Hall–Kier alpha value is -2.12. The van der Waals surface area contributed by atoms with Crippen LogP contribution in [0.3, 0.4) is 0 Å². The quantitative estimate of drug-likeness (QED) is 0.353. The Kier molecular flexibility index (Phi) is 8.17. The molecule has 0 aliphatic carbocycles. The first-order chi connectivity index (χ1) is 15.2. The van der Waals surface area contributed by atoms with Gasteiger partial charge in [-0.25, -0.2) is 0 Å². The summed E-state index contributed by atoms with van der Waals surface area (Å²) in [6, 6.07) is 16.7. The molecule has 0 atom stereocenters. The Labute approximate surface area is 203 Å². The van der Waals surface area contributed by atoms with E-state index in [1.54, 1.807) is 0 Å². The second-order valence-corrected chi connectivity index (χ2v) is 10.7. The third kappa shape index (κ3) is 6.01. The van der Waals surface area contributed by atoms with Crippen molar-refractivity contribution >= 4 is 33.6 Å². The third-order valence-electron chi connectivity index (χ3n) is 5.41. The molecule has 0 spiro atoms. The first-order valence-electron chi connectivity index (χ1n) is 11.0. The summed E-state index contributed by atoms with van der Waals surface area (Å²) in [6.45, 7) is 10.8. The number of nitrogens with zero attached hydrogens (tertiary/aromatic N) is 3. The summed E-state index contributed by atoms with van der Waals surface area (Å²) >= 11 is 4.91. The Morgan fingerprint density at radius 3 is 2.22 bits per heavy atom. The Morgan fingerprint density at radius 1 is 1.03 bits per heavy atom. The predicted molar refractivity (Wildman–Crippen MR) is 136 cm³/mol. The molecule has 0 fully saturated rings. The molecular formula is C25H31BrN4OS. The molecule has 0 aliphatic rings. The molecule has 170 valence electrons. The molecule has 5 nitrogen and oxygen atoms in total. The summed E-state index contributed by atoms with van der Waals surface area (Å²) in [6.07, 6.45) is 1.85. The van der Waals surface area contributed by atoms with Crippen LogP contribution in [0.1, 0.15) is 53.0 Å². The average molecular weight is 516 g/mol. The van der Waals surface area contributed by atoms with E-state index in [9.17, 15) is 4.79 Å². The number of nitrogens with one attached hydrogen (secondary N) is 1. The van der Waals surface area contributed by atoms with Crippen molar-refractivity contribution in [2.24, 2.45) is 0 Å². The minimum absolute atomic E-state index is 0.0186. The smallest absolute Gasteiger partial charge is 0.230 e. The number of halogens is 1. The summed E-state index contributed by atoms with van der Waals surface area (Å²) in [5, 5.41) is 12.7. The second-order valence-electron chi connectivity index (χ2n) is 8.81. The zero-order valence-electron chi connectivity index (χ0n) is 19.4. The molecule has 1 heterocycles. The van der Waals surface area contributed by atoms with Gasteiger partial charge in [-0.3, -0.25) is 9.36 Å². The van der Waals surface area contributed by atoms with Crippen LogP contribution in [0.2, 0.25) is 0 Å². The molecule has 1 amide bonds. The molecule has 0 bridgehead atoms. The van der Waals surface area contributed by atoms with Crippen molar-refractivity contribution in [2.45, 2.75) is 64.1 Å². The zero-order chi connectivity index (χ0) is 23.3. The van der Waals surface area contributed by atoms with Gasteiger partial charge in [-0.05, 0) is 48.1 Å². The van der Waals surface area contributed by atoms with Crippen LogP contribution >= 0.6 is 27.7 Å². The molecule has 0 saturated heterocycles. The maximum absolute atomic E-state index is 12.4. The highest BCUT2D eigenvalue weighted by molar-refractivity contribution is 9.10. The lowest BCUT2D eigenvalue weighted by Crippen LogP contribution is -2.35. The standard InChI is InChI=1S/C25H31BrN4OS/c1-6-20(7-2)27-22(31)16-32-24-29-28-23(30(24)21-14-12-19(26)13-15-21)17-8-10-18(11-9-17)25(3,4)5/h8-15,20H,6-7,16H2,1-5H3,(H,27,31). The van der Waals surface area contributed by atoms with Gasteiger partial charge in [-0.2, -0.15) is 0 Å². The van der Waals surface area contributed by atoms with Crippen LogP contribution in [0.4, 0.5) is 0 Å². The molecule has 3 aromatic rings. The van der Waals surface area contributed by atoms with Gasteiger partial charge in [-0.1, -0.05) is 86.6 Å². The highest BCUT2D eigenvalue weighted by Crippen LogP contribution is 2.30.